The van der Waals surface area contributed by atoms with Gasteiger partial charge in [-0.25, -0.2) is 4.68 Å². The van der Waals surface area contributed by atoms with Crippen molar-refractivity contribution in [2.75, 3.05) is 5.73 Å². The highest BCUT2D eigenvalue weighted by atomic mass is 15.3. The molecule has 0 aliphatic carbocycles. The lowest BCUT2D eigenvalue weighted by Crippen LogP contribution is -1.93. The van der Waals surface area contributed by atoms with Crippen molar-refractivity contribution in [3.8, 4) is 5.82 Å². The second kappa shape index (κ2) is 2.88. The molecule has 0 saturated carbocycles. The maximum Gasteiger partial charge on any atom is 0.132 e. The second-order valence-electron chi connectivity index (χ2n) is 3.46. The first-order chi connectivity index (χ1) is 7.33. The Kier molecular flexibility index (Phi) is 1.56. The first kappa shape index (κ1) is 8.11. The van der Waals surface area contributed by atoms with E-state index in [-0.39, 0.29) is 0 Å². The van der Waals surface area contributed by atoms with E-state index in [9.17, 15) is 0 Å². The van der Waals surface area contributed by atoms with Crippen LogP contribution in [0, 0.1) is 0 Å². The van der Waals surface area contributed by atoms with Gasteiger partial charge in [0.2, 0.25) is 0 Å². The molecule has 0 spiro atoms. The highest BCUT2D eigenvalue weighted by molar-refractivity contribution is 5.81. The van der Waals surface area contributed by atoms with Gasteiger partial charge in [-0.2, -0.15) is 5.10 Å². The summed E-state index contributed by atoms with van der Waals surface area (Å²) in [5.74, 6) is 0.924. The summed E-state index contributed by atoms with van der Waals surface area (Å²) in [6.07, 6.45) is 3.41. The van der Waals surface area contributed by atoms with E-state index < -0.39 is 0 Å². The molecule has 0 saturated heterocycles. The molecule has 0 fully saturated rings. The Morgan fingerprint density at radius 1 is 1.27 bits per heavy atom. The number of aromatic amines is 1. The van der Waals surface area contributed by atoms with Crippen LogP contribution in [-0.4, -0.2) is 14.8 Å². The largest absolute Gasteiger partial charge is 0.396 e. The highest BCUT2D eigenvalue weighted by Crippen LogP contribution is 2.17. The average Bonchev–Trinajstić information content (AvgIpc) is 2.82. The van der Waals surface area contributed by atoms with Crippen molar-refractivity contribution in [1.29, 1.82) is 0 Å². The van der Waals surface area contributed by atoms with Crippen LogP contribution in [0.15, 0.2) is 42.7 Å². The molecule has 4 heteroatoms. The Morgan fingerprint density at radius 3 is 2.87 bits per heavy atom. The molecule has 1 aromatic carbocycles. The van der Waals surface area contributed by atoms with Crippen molar-refractivity contribution in [2.24, 2.45) is 0 Å². The zero-order chi connectivity index (χ0) is 10.3. The Labute approximate surface area is 86.3 Å². The minimum Gasteiger partial charge on any atom is -0.396 e. The number of fused-ring (bicyclic) bond motifs is 1. The number of para-hydroxylation sites is 1. The number of nitrogens with two attached hydrogens (primary N) is 1. The van der Waals surface area contributed by atoms with Crippen molar-refractivity contribution in [3.63, 3.8) is 0 Å². The number of nitrogens with zero attached hydrogens (tertiary/aromatic N) is 2. The molecule has 2 aromatic heterocycles. The van der Waals surface area contributed by atoms with Crippen LogP contribution in [0.25, 0.3) is 16.7 Å². The number of hydrogen-bond donors (Lipinski definition) is 2. The molecule has 0 radical (unpaired) electrons. The number of H-pyrrole nitrogens is 1. The molecule has 0 atom stereocenters. The molecule has 15 heavy (non-hydrogen) atoms. The van der Waals surface area contributed by atoms with Gasteiger partial charge in [0.25, 0.3) is 0 Å². The van der Waals surface area contributed by atoms with E-state index in [1.54, 1.807) is 17.1 Å². The first-order valence-corrected chi connectivity index (χ1v) is 4.71. The fourth-order valence-corrected chi connectivity index (χ4v) is 1.65. The fraction of sp³-hybridized carbons (Fsp3) is 0. The van der Waals surface area contributed by atoms with Gasteiger partial charge in [0.15, 0.2) is 0 Å². The molecule has 3 rings (SSSR count). The van der Waals surface area contributed by atoms with E-state index in [2.05, 4.69) is 16.1 Å². The zero-order valence-corrected chi connectivity index (χ0v) is 8.01. The van der Waals surface area contributed by atoms with Gasteiger partial charge in [-0.15, -0.1) is 0 Å². The van der Waals surface area contributed by atoms with Crippen molar-refractivity contribution in [1.82, 2.24) is 14.8 Å². The molecule has 0 amide bonds. The maximum atomic E-state index is 5.61. The van der Waals surface area contributed by atoms with Crippen molar-refractivity contribution in [3.05, 3.63) is 42.7 Å². The van der Waals surface area contributed by atoms with Gasteiger partial charge in [0, 0.05) is 10.9 Å². The second-order valence-corrected chi connectivity index (χ2v) is 3.46. The molecule has 3 aromatic rings. The minimum atomic E-state index is 0.661. The van der Waals surface area contributed by atoms with Crippen LogP contribution < -0.4 is 5.73 Å². The van der Waals surface area contributed by atoms with Crippen LogP contribution in [0.1, 0.15) is 0 Å². The maximum absolute atomic E-state index is 5.61. The number of benzene rings is 1. The summed E-state index contributed by atoms with van der Waals surface area (Å²) in [5.41, 5.74) is 7.37. The van der Waals surface area contributed by atoms with Crippen LogP contribution in [0.3, 0.4) is 0 Å². The monoisotopic (exact) mass is 198 g/mol. The number of rotatable bonds is 1. The van der Waals surface area contributed by atoms with Crippen LogP contribution in [0.5, 0.6) is 0 Å². The van der Waals surface area contributed by atoms with Gasteiger partial charge in [-0.05, 0) is 12.1 Å². The molecule has 0 aliphatic rings. The summed E-state index contributed by atoms with van der Waals surface area (Å²) in [6.45, 7) is 0. The fourth-order valence-electron chi connectivity index (χ4n) is 1.65. The molecular formula is C11H10N4. The molecular weight excluding hydrogens is 188 g/mol. The number of nitrogen functional groups attached to an aromatic ring is 1. The topological polar surface area (TPSA) is 59.6 Å². The normalized spacial score (nSPS) is 10.9. The number of hydrogen-bond acceptors (Lipinski definition) is 2. The molecule has 0 aliphatic heterocycles. The summed E-state index contributed by atoms with van der Waals surface area (Å²) in [5, 5.41) is 5.31. The lowest BCUT2D eigenvalue weighted by molar-refractivity contribution is 0.858. The lowest BCUT2D eigenvalue weighted by atomic mass is 10.2. The summed E-state index contributed by atoms with van der Waals surface area (Å²) in [6, 6.07) is 10.1. The van der Waals surface area contributed by atoms with E-state index in [4.69, 9.17) is 5.73 Å². The van der Waals surface area contributed by atoms with Gasteiger partial charge < -0.3 is 10.7 Å². The molecule has 2 heterocycles. The summed E-state index contributed by atoms with van der Waals surface area (Å²) in [4.78, 5) is 3.27. The Balaban J connectivity index is 2.19. The predicted octanol–water partition coefficient (Wildman–Crippen LogP) is 1.94. The SMILES string of the molecule is Nc1cnn(-c2cc3ccccc3[nH]2)c1. The van der Waals surface area contributed by atoms with Crippen LogP contribution >= 0.6 is 0 Å². The standard InChI is InChI=1S/C11H10N4/c12-9-6-13-15(7-9)11-5-8-3-1-2-4-10(8)14-11/h1-7,14H,12H2. The van der Waals surface area contributed by atoms with Gasteiger partial charge in [-0.1, -0.05) is 18.2 Å². The summed E-state index contributed by atoms with van der Waals surface area (Å²) < 4.78 is 1.73. The molecule has 3 N–H and O–H groups in total. The smallest absolute Gasteiger partial charge is 0.132 e. The molecule has 0 unspecified atom stereocenters. The molecule has 4 nitrogen and oxygen atoms in total. The van der Waals surface area contributed by atoms with E-state index in [1.807, 2.05) is 24.3 Å². The van der Waals surface area contributed by atoms with E-state index in [0.717, 1.165) is 11.3 Å². The summed E-state index contributed by atoms with van der Waals surface area (Å²) >= 11 is 0. The Hall–Kier alpha value is -2.23. The van der Waals surface area contributed by atoms with Crippen molar-refractivity contribution in [2.45, 2.75) is 0 Å². The van der Waals surface area contributed by atoms with E-state index in [1.165, 1.54) is 5.39 Å². The van der Waals surface area contributed by atoms with Crippen LogP contribution in [-0.2, 0) is 0 Å². The Morgan fingerprint density at radius 2 is 2.13 bits per heavy atom. The third-order valence-corrected chi connectivity index (χ3v) is 2.37. The average molecular weight is 198 g/mol. The zero-order valence-electron chi connectivity index (χ0n) is 8.01. The van der Waals surface area contributed by atoms with Crippen molar-refractivity contribution >= 4 is 16.6 Å². The third kappa shape index (κ3) is 1.27. The van der Waals surface area contributed by atoms with Gasteiger partial charge in [0.1, 0.15) is 5.82 Å². The van der Waals surface area contributed by atoms with Crippen LogP contribution in [0.2, 0.25) is 0 Å². The summed E-state index contributed by atoms with van der Waals surface area (Å²) in [7, 11) is 0. The van der Waals surface area contributed by atoms with E-state index >= 15 is 0 Å². The highest BCUT2D eigenvalue weighted by Gasteiger charge is 2.02. The van der Waals surface area contributed by atoms with Crippen LogP contribution in [0.4, 0.5) is 5.69 Å². The van der Waals surface area contributed by atoms with Gasteiger partial charge in [0.05, 0.1) is 18.1 Å². The van der Waals surface area contributed by atoms with Gasteiger partial charge >= 0.3 is 0 Å². The van der Waals surface area contributed by atoms with Crippen molar-refractivity contribution < 1.29 is 0 Å². The number of aromatic nitrogens is 3. The molecule has 0 bridgehead atoms. The minimum absolute atomic E-state index is 0.661. The predicted molar refractivity (Wildman–Crippen MR) is 59.8 cm³/mol. The third-order valence-electron chi connectivity index (χ3n) is 2.37. The molecule has 74 valence electrons. The first-order valence-electron chi connectivity index (χ1n) is 4.71. The number of nitrogens with one attached hydrogen (secondary N) is 1. The Bertz CT molecular complexity index is 573. The lowest BCUT2D eigenvalue weighted by Gasteiger charge is -1.93. The van der Waals surface area contributed by atoms with Gasteiger partial charge in [-0.3, -0.25) is 0 Å². The quantitative estimate of drug-likeness (QED) is 0.627. The number of anilines is 1. The van der Waals surface area contributed by atoms with E-state index in [0.29, 0.717) is 5.69 Å².